The minimum atomic E-state index is -1.52. The molecule has 0 aromatic heterocycles. The number of amides is 1. The van der Waals surface area contributed by atoms with Crippen molar-refractivity contribution < 1.29 is 54.0 Å². The Morgan fingerprint density at radius 1 is 0.857 bits per heavy atom. The average molecular weight is 510 g/mol. The molecule has 2 aliphatic rings. The van der Waals surface area contributed by atoms with Gasteiger partial charge in [0.15, 0.2) is 12.6 Å². The van der Waals surface area contributed by atoms with Gasteiger partial charge in [-0.3, -0.25) is 4.79 Å². The van der Waals surface area contributed by atoms with Crippen LogP contribution in [0.5, 0.6) is 0 Å². The molecule has 0 spiro atoms. The summed E-state index contributed by atoms with van der Waals surface area (Å²) in [5.74, 6) is -0.453. The average Bonchev–Trinajstić information content (AvgIpc) is 2.83. The van der Waals surface area contributed by atoms with E-state index in [4.69, 9.17) is 23.7 Å². The molecule has 1 amide bonds. The number of rotatable bonds is 14. The Bertz CT molecular complexity index is 610. The number of nitrogens with one attached hydrogen (secondary N) is 1. The summed E-state index contributed by atoms with van der Waals surface area (Å²) in [5.41, 5.74) is 0. The smallest absolute Gasteiger partial charge is 0.217 e. The zero-order valence-corrected chi connectivity index (χ0v) is 20.8. The highest BCUT2D eigenvalue weighted by molar-refractivity contribution is 5.73. The van der Waals surface area contributed by atoms with E-state index in [0.29, 0.717) is 6.61 Å². The number of hydrogen-bond donors (Lipinski definition) is 6. The zero-order valence-electron chi connectivity index (χ0n) is 20.8. The van der Waals surface area contributed by atoms with Crippen LogP contribution in [0.1, 0.15) is 52.4 Å². The molecular weight excluding hydrogens is 466 g/mol. The van der Waals surface area contributed by atoms with Crippen molar-refractivity contribution in [2.45, 2.75) is 114 Å². The van der Waals surface area contributed by atoms with Crippen LogP contribution < -0.4 is 5.32 Å². The first-order valence-electron chi connectivity index (χ1n) is 12.4. The molecule has 10 atom stereocenters. The van der Waals surface area contributed by atoms with Crippen LogP contribution in [0.2, 0.25) is 0 Å². The topological polar surface area (TPSA) is 176 Å². The molecule has 0 unspecified atom stereocenters. The van der Waals surface area contributed by atoms with Crippen molar-refractivity contribution in [1.82, 2.24) is 5.32 Å². The fraction of sp³-hybridized carbons (Fsp3) is 0.957. The van der Waals surface area contributed by atoms with E-state index in [9.17, 15) is 30.3 Å². The third kappa shape index (κ3) is 8.29. The lowest BCUT2D eigenvalue weighted by Gasteiger charge is -2.47. The highest BCUT2D eigenvalue weighted by atomic mass is 16.7. The lowest BCUT2D eigenvalue weighted by Crippen LogP contribution is -2.68. The van der Waals surface area contributed by atoms with Crippen molar-refractivity contribution in [3.8, 4) is 0 Å². The summed E-state index contributed by atoms with van der Waals surface area (Å²) in [6, 6.07) is -1.01. The van der Waals surface area contributed by atoms with Crippen LogP contribution in [-0.2, 0) is 28.5 Å². The van der Waals surface area contributed by atoms with Crippen molar-refractivity contribution in [2.24, 2.45) is 0 Å². The fourth-order valence-electron chi connectivity index (χ4n) is 4.45. The number of unbranched alkanes of at least 4 members (excludes halogenated alkanes) is 5. The van der Waals surface area contributed by atoms with E-state index in [1.54, 1.807) is 0 Å². The number of hydrogen-bond acceptors (Lipinski definition) is 11. The van der Waals surface area contributed by atoms with E-state index in [2.05, 4.69) is 12.2 Å². The molecular formula is C23H43NO11. The lowest BCUT2D eigenvalue weighted by atomic mass is 9.95. The summed E-state index contributed by atoms with van der Waals surface area (Å²) in [5, 5.41) is 53.9. The summed E-state index contributed by atoms with van der Waals surface area (Å²) in [6.45, 7) is 2.63. The second-order valence-electron chi connectivity index (χ2n) is 9.09. The summed E-state index contributed by atoms with van der Waals surface area (Å²) in [7, 11) is 1.32. The first-order valence-corrected chi connectivity index (χ1v) is 12.4. The van der Waals surface area contributed by atoms with Crippen LogP contribution in [0.25, 0.3) is 0 Å². The summed E-state index contributed by atoms with van der Waals surface area (Å²) in [6.07, 6.45) is -4.81. The second kappa shape index (κ2) is 15.4. The van der Waals surface area contributed by atoms with Gasteiger partial charge >= 0.3 is 0 Å². The van der Waals surface area contributed by atoms with Crippen LogP contribution in [0.3, 0.4) is 0 Å². The molecule has 2 aliphatic heterocycles. The van der Waals surface area contributed by atoms with Gasteiger partial charge in [-0.15, -0.1) is 0 Å². The summed E-state index contributed by atoms with van der Waals surface area (Å²) in [4.78, 5) is 11.8. The molecule has 6 N–H and O–H groups in total. The number of carbonyl (C=O) groups excluding carboxylic acids is 1. The summed E-state index contributed by atoms with van der Waals surface area (Å²) >= 11 is 0. The molecule has 0 bridgehead atoms. The minimum absolute atomic E-state index is 0.326. The predicted molar refractivity (Wildman–Crippen MR) is 122 cm³/mol. The van der Waals surface area contributed by atoms with Crippen LogP contribution in [-0.4, -0.2) is 120 Å². The Hall–Kier alpha value is -0.930. The number of methoxy groups -OCH3 is 1. The van der Waals surface area contributed by atoms with Gasteiger partial charge in [0.1, 0.15) is 48.8 Å². The first kappa shape index (κ1) is 30.3. The highest BCUT2D eigenvalue weighted by Crippen LogP contribution is 2.30. The molecule has 0 aromatic carbocycles. The Kier molecular flexibility index (Phi) is 13.3. The van der Waals surface area contributed by atoms with E-state index < -0.39 is 80.5 Å². The molecule has 206 valence electrons. The van der Waals surface area contributed by atoms with Gasteiger partial charge in [0.05, 0.1) is 13.2 Å². The van der Waals surface area contributed by atoms with E-state index in [0.717, 1.165) is 32.1 Å². The van der Waals surface area contributed by atoms with Crippen LogP contribution >= 0.6 is 0 Å². The Labute approximate surface area is 206 Å². The second-order valence-corrected chi connectivity index (χ2v) is 9.09. The molecule has 2 saturated heterocycles. The van der Waals surface area contributed by atoms with Crippen molar-refractivity contribution in [3.63, 3.8) is 0 Å². The summed E-state index contributed by atoms with van der Waals surface area (Å²) < 4.78 is 28.2. The fourth-order valence-corrected chi connectivity index (χ4v) is 4.45. The molecule has 0 saturated carbocycles. The highest BCUT2D eigenvalue weighted by Gasteiger charge is 2.51. The van der Waals surface area contributed by atoms with Gasteiger partial charge in [-0.05, 0) is 6.42 Å². The molecule has 12 heteroatoms. The zero-order chi connectivity index (χ0) is 26.0. The minimum Gasteiger partial charge on any atom is -0.394 e. The quantitative estimate of drug-likeness (QED) is 0.155. The maximum Gasteiger partial charge on any atom is 0.217 e. The molecule has 35 heavy (non-hydrogen) atoms. The maximum atomic E-state index is 11.8. The van der Waals surface area contributed by atoms with Crippen molar-refractivity contribution in [1.29, 1.82) is 0 Å². The number of carbonyl (C=O) groups is 1. The molecule has 12 nitrogen and oxygen atoms in total. The number of aliphatic hydroxyl groups excluding tert-OH is 5. The van der Waals surface area contributed by atoms with Gasteiger partial charge in [0, 0.05) is 20.6 Å². The van der Waals surface area contributed by atoms with Gasteiger partial charge in [-0.1, -0.05) is 39.0 Å². The molecule has 2 fully saturated rings. The van der Waals surface area contributed by atoms with Gasteiger partial charge < -0.3 is 54.5 Å². The third-order valence-corrected chi connectivity index (χ3v) is 6.39. The Balaban J connectivity index is 2.04. The first-order chi connectivity index (χ1) is 16.8. The molecule has 0 radical (unpaired) electrons. The van der Waals surface area contributed by atoms with Crippen molar-refractivity contribution in [2.75, 3.05) is 26.9 Å². The number of aliphatic hydroxyl groups is 5. The van der Waals surface area contributed by atoms with E-state index in [-0.39, 0.29) is 0 Å². The predicted octanol–water partition coefficient (Wildman–Crippen LogP) is -1.21. The van der Waals surface area contributed by atoms with Gasteiger partial charge in [-0.2, -0.15) is 0 Å². The van der Waals surface area contributed by atoms with Crippen LogP contribution in [0, 0.1) is 0 Å². The Morgan fingerprint density at radius 2 is 1.49 bits per heavy atom. The lowest BCUT2D eigenvalue weighted by molar-refractivity contribution is -0.347. The largest absolute Gasteiger partial charge is 0.394 e. The maximum absolute atomic E-state index is 11.8. The molecule has 0 aliphatic carbocycles. The van der Waals surface area contributed by atoms with Crippen molar-refractivity contribution in [3.05, 3.63) is 0 Å². The molecule has 2 heterocycles. The van der Waals surface area contributed by atoms with E-state index >= 15 is 0 Å². The standard InChI is InChI=1S/C23H43NO11/c1-4-5-6-7-8-9-10-32-23-19(30)18(29)20(15(12-26)34-23)35-22-16(24-13(2)27)21(31-3)17(28)14(11-25)33-22/h14-23,25-26,28-30H,4-12H2,1-3H3,(H,24,27)/t14-,15-,16-,17+,18-,19-,20+,21-,22+,23-/m1/s1. The normalized spacial score (nSPS) is 37.8. The van der Waals surface area contributed by atoms with Crippen LogP contribution in [0.15, 0.2) is 0 Å². The molecule has 2 rings (SSSR count). The van der Waals surface area contributed by atoms with Gasteiger partial charge in [-0.25, -0.2) is 0 Å². The van der Waals surface area contributed by atoms with Gasteiger partial charge in [0.2, 0.25) is 5.91 Å². The number of ether oxygens (including phenoxy) is 5. The van der Waals surface area contributed by atoms with E-state index in [1.165, 1.54) is 20.5 Å². The van der Waals surface area contributed by atoms with Gasteiger partial charge in [0.25, 0.3) is 0 Å². The molecule has 0 aromatic rings. The SMILES string of the molecule is CCCCCCCCO[C@@H]1O[C@H](CO)[C@H](O[C@@H]2O[C@H](CO)[C@H](O)[C@H](OC)[C@H]2NC(C)=O)[C@H](O)[C@H]1O. The Morgan fingerprint density at radius 3 is 2.09 bits per heavy atom. The van der Waals surface area contributed by atoms with E-state index in [1.807, 2.05) is 0 Å². The monoisotopic (exact) mass is 509 g/mol. The van der Waals surface area contributed by atoms with Crippen LogP contribution in [0.4, 0.5) is 0 Å². The third-order valence-electron chi connectivity index (χ3n) is 6.39. The van der Waals surface area contributed by atoms with Crippen molar-refractivity contribution >= 4 is 5.91 Å².